The second-order valence-electron chi connectivity index (χ2n) is 7.52. The third-order valence-corrected chi connectivity index (χ3v) is 6.64. The van der Waals surface area contributed by atoms with Crippen molar-refractivity contribution in [3.05, 3.63) is 86.4 Å². The summed E-state index contributed by atoms with van der Waals surface area (Å²) in [4.78, 5) is 10.7. The van der Waals surface area contributed by atoms with Gasteiger partial charge in [0.1, 0.15) is 5.71 Å². The van der Waals surface area contributed by atoms with E-state index in [0.29, 0.717) is 10.0 Å². The molecule has 2 unspecified atom stereocenters. The lowest BCUT2D eigenvalue weighted by Crippen LogP contribution is -2.30. The lowest BCUT2D eigenvalue weighted by atomic mass is 9.84. The van der Waals surface area contributed by atoms with Crippen LogP contribution in [0.25, 0.3) is 0 Å². The van der Waals surface area contributed by atoms with E-state index in [4.69, 9.17) is 33.0 Å². The third-order valence-electron chi connectivity index (χ3n) is 5.51. The van der Waals surface area contributed by atoms with Gasteiger partial charge in [-0.05, 0) is 68.7 Å². The molecule has 0 saturated carbocycles. The number of aliphatic imine (C=N–C) groups is 1. The van der Waals surface area contributed by atoms with Gasteiger partial charge in [0.15, 0.2) is 6.10 Å². The lowest BCUT2D eigenvalue weighted by molar-refractivity contribution is 0.110. The molecule has 1 heterocycles. The van der Waals surface area contributed by atoms with Gasteiger partial charge in [-0.25, -0.2) is 0 Å². The minimum atomic E-state index is -0.221. The number of fused-ring (bicyclic) bond motifs is 1. The van der Waals surface area contributed by atoms with Crippen molar-refractivity contribution in [2.75, 3.05) is 0 Å². The number of oxime groups is 1. The van der Waals surface area contributed by atoms with Crippen LogP contribution in [0.15, 0.2) is 58.7 Å². The van der Waals surface area contributed by atoms with Crippen LogP contribution in [-0.2, 0) is 4.84 Å². The highest BCUT2D eigenvalue weighted by molar-refractivity contribution is 6.38. The van der Waals surface area contributed by atoms with Crippen LogP contribution in [0.1, 0.15) is 27.8 Å². The number of aryl methyl sites for hydroxylation is 1. The van der Waals surface area contributed by atoms with E-state index in [-0.39, 0.29) is 12.0 Å². The maximum absolute atomic E-state index is 6.59. The first-order chi connectivity index (χ1) is 13.9. The molecule has 2 aliphatic rings. The molecular weight excluding hydrogens is 403 g/mol. The number of hydrogen-bond donors (Lipinski definition) is 0. The normalized spacial score (nSPS) is 21.7. The van der Waals surface area contributed by atoms with Gasteiger partial charge in [-0.3, -0.25) is 4.99 Å². The SMILES string of the molecule is Cc1ccc(N=C2C=CC=CC3ON=C(c4c(C)c(Cl)c(C)c(Cl)c4C)C23)cc1. The smallest absolute Gasteiger partial charge is 0.160 e. The van der Waals surface area contributed by atoms with Gasteiger partial charge in [-0.2, -0.15) is 0 Å². The summed E-state index contributed by atoms with van der Waals surface area (Å²) in [6, 6.07) is 8.16. The molecule has 0 aromatic heterocycles. The maximum atomic E-state index is 6.59. The number of nitrogens with zero attached hydrogens (tertiary/aromatic N) is 2. The van der Waals surface area contributed by atoms with Crippen molar-refractivity contribution in [3.63, 3.8) is 0 Å². The molecule has 2 aromatic rings. The molecule has 2 atom stereocenters. The van der Waals surface area contributed by atoms with Crippen molar-refractivity contribution in [3.8, 4) is 0 Å². The van der Waals surface area contributed by atoms with Crippen molar-refractivity contribution < 1.29 is 4.84 Å². The number of benzene rings is 2. The summed E-state index contributed by atoms with van der Waals surface area (Å²) in [7, 11) is 0. The van der Waals surface area contributed by atoms with E-state index < -0.39 is 0 Å². The fourth-order valence-electron chi connectivity index (χ4n) is 3.90. The molecule has 5 heteroatoms. The zero-order chi connectivity index (χ0) is 20.7. The molecule has 148 valence electrons. The van der Waals surface area contributed by atoms with Crippen LogP contribution < -0.4 is 0 Å². The van der Waals surface area contributed by atoms with Gasteiger partial charge in [0.25, 0.3) is 0 Å². The number of hydrogen-bond acceptors (Lipinski definition) is 3. The topological polar surface area (TPSA) is 34.0 Å². The predicted molar refractivity (Wildman–Crippen MR) is 122 cm³/mol. The van der Waals surface area contributed by atoms with Gasteiger partial charge in [0.2, 0.25) is 0 Å². The van der Waals surface area contributed by atoms with Crippen LogP contribution in [0.2, 0.25) is 10.0 Å². The third kappa shape index (κ3) is 3.54. The second-order valence-corrected chi connectivity index (χ2v) is 8.27. The second kappa shape index (κ2) is 7.81. The summed E-state index contributed by atoms with van der Waals surface area (Å²) < 4.78 is 0. The molecule has 2 aromatic carbocycles. The summed E-state index contributed by atoms with van der Waals surface area (Å²) in [5.74, 6) is -0.140. The fourth-order valence-corrected chi connectivity index (χ4v) is 4.32. The highest BCUT2D eigenvalue weighted by Crippen LogP contribution is 2.38. The molecule has 0 bridgehead atoms. The molecule has 1 aliphatic heterocycles. The van der Waals surface area contributed by atoms with E-state index >= 15 is 0 Å². The molecule has 1 aliphatic carbocycles. The van der Waals surface area contributed by atoms with Gasteiger partial charge in [0, 0.05) is 15.6 Å². The first-order valence-electron chi connectivity index (χ1n) is 9.57. The minimum Gasteiger partial charge on any atom is -0.387 e. The summed E-state index contributed by atoms with van der Waals surface area (Å²) in [6.07, 6.45) is 7.77. The molecule has 0 amide bonds. The molecule has 0 radical (unpaired) electrons. The average Bonchev–Trinajstić information content (AvgIpc) is 3.02. The zero-order valence-electron chi connectivity index (χ0n) is 16.8. The largest absolute Gasteiger partial charge is 0.387 e. The maximum Gasteiger partial charge on any atom is 0.160 e. The Morgan fingerprint density at radius 2 is 1.55 bits per heavy atom. The van der Waals surface area contributed by atoms with Crippen molar-refractivity contribution in [2.24, 2.45) is 16.1 Å². The van der Waals surface area contributed by atoms with Crippen molar-refractivity contribution in [1.82, 2.24) is 0 Å². The van der Waals surface area contributed by atoms with E-state index in [0.717, 1.165) is 39.4 Å². The molecule has 4 rings (SSSR count). The summed E-state index contributed by atoms with van der Waals surface area (Å²) in [5, 5.41) is 5.80. The monoisotopic (exact) mass is 424 g/mol. The molecular formula is C24H22Cl2N2O. The van der Waals surface area contributed by atoms with Gasteiger partial charge in [-0.15, -0.1) is 0 Å². The Hall–Kier alpha value is -2.36. The highest BCUT2D eigenvalue weighted by atomic mass is 35.5. The van der Waals surface area contributed by atoms with E-state index in [9.17, 15) is 0 Å². The summed E-state index contributed by atoms with van der Waals surface area (Å²) in [5.41, 5.74) is 7.56. The van der Waals surface area contributed by atoms with Gasteiger partial charge >= 0.3 is 0 Å². The number of rotatable bonds is 2. The van der Waals surface area contributed by atoms with Crippen LogP contribution in [0, 0.1) is 33.6 Å². The van der Waals surface area contributed by atoms with Gasteiger partial charge in [0.05, 0.1) is 17.3 Å². The van der Waals surface area contributed by atoms with Crippen molar-refractivity contribution >= 4 is 40.3 Å². The van der Waals surface area contributed by atoms with Crippen molar-refractivity contribution in [2.45, 2.75) is 33.8 Å². The summed E-state index contributed by atoms with van der Waals surface area (Å²) >= 11 is 13.2. The number of allylic oxidation sites excluding steroid dienone is 3. The Bertz CT molecular complexity index is 1070. The van der Waals surface area contributed by atoms with E-state index in [1.807, 2.05) is 57.2 Å². The van der Waals surface area contributed by atoms with Crippen LogP contribution in [0.5, 0.6) is 0 Å². The first-order valence-corrected chi connectivity index (χ1v) is 10.3. The predicted octanol–water partition coefficient (Wildman–Crippen LogP) is 6.84. The van der Waals surface area contributed by atoms with Crippen molar-refractivity contribution in [1.29, 1.82) is 0 Å². The van der Waals surface area contributed by atoms with Crippen LogP contribution in [0.4, 0.5) is 5.69 Å². The van der Waals surface area contributed by atoms with Crippen LogP contribution >= 0.6 is 23.2 Å². The Morgan fingerprint density at radius 1 is 0.897 bits per heavy atom. The van der Waals surface area contributed by atoms with Gasteiger partial charge in [-0.1, -0.05) is 58.2 Å². The minimum absolute atomic E-state index is 0.140. The van der Waals surface area contributed by atoms with E-state index in [1.54, 1.807) is 0 Å². The standard InChI is InChI=1S/C24H22Cl2N2O/c1-13-9-11-17(12-10-13)27-18-7-5-6-8-19-21(18)24(28-29-19)20-14(2)22(25)16(4)23(26)15(20)3/h5-12,19,21H,1-4H3. The Balaban J connectivity index is 1.86. The Labute approximate surface area is 181 Å². The van der Waals surface area contributed by atoms with Crippen LogP contribution in [0.3, 0.4) is 0 Å². The first kappa shape index (κ1) is 19.9. The molecule has 0 fully saturated rings. The molecule has 0 N–H and O–H groups in total. The lowest BCUT2D eigenvalue weighted by Gasteiger charge is -2.20. The Morgan fingerprint density at radius 3 is 2.21 bits per heavy atom. The average molecular weight is 425 g/mol. The van der Waals surface area contributed by atoms with Crippen LogP contribution in [-0.4, -0.2) is 17.5 Å². The molecule has 0 saturated heterocycles. The Kier molecular flexibility index (Phi) is 5.37. The molecule has 0 spiro atoms. The summed E-state index contributed by atoms with van der Waals surface area (Å²) in [6.45, 7) is 8.01. The molecule has 3 nitrogen and oxygen atoms in total. The van der Waals surface area contributed by atoms with Gasteiger partial charge < -0.3 is 4.84 Å². The molecule has 29 heavy (non-hydrogen) atoms. The fraction of sp³-hybridized carbons (Fsp3) is 0.250. The zero-order valence-corrected chi connectivity index (χ0v) is 18.3. The van der Waals surface area contributed by atoms with E-state index in [2.05, 4.69) is 24.2 Å². The van der Waals surface area contributed by atoms with E-state index in [1.165, 1.54) is 5.56 Å². The quantitative estimate of drug-likeness (QED) is 0.518. The number of halogens is 2. The highest BCUT2D eigenvalue weighted by Gasteiger charge is 2.39.